The van der Waals surface area contributed by atoms with Crippen molar-refractivity contribution in [1.29, 1.82) is 0 Å². The van der Waals surface area contributed by atoms with Gasteiger partial charge in [0.15, 0.2) is 11.7 Å². The minimum Gasteiger partial charge on any atom is -0.454 e. The van der Waals surface area contributed by atoms with Gasteiger partial charge in [0, 0.05) is 20.1 Å². The number of furan rings is 1. The van der Waals surface area contributed by atoms with Crippen LogP contribution >= 0.6 is 0 Å². The predicted molar refractivity (Wildman–Crippen MR) is 77.4 cm³/mol. The van der Waals surface area contributed by atoms with Crippen molar-refractivity contribution < 1.29 is 9.21 Å². The topological polar surface area (TPSA) is 83.9 Å². The Morgan fingerprint density at radius 1 is 1.60 bits per heavy atom. The normalized spacial score (nSPS) is 20.0. The Kier molecular flexibility index (Phi) is 4.65. The summed E-state index contributed by atoms with van der Waals surface area (Å²) in [6.07, 6.45) is 2.46. The van der Waals surface area contributed by atoms with E-state index in [1.165, 1.54) is 12.8 Å². The molecule has 1 aromatic heterocycles. The van der Waals surface area contributed by atoms with Gasteiger partial charge in [0.1, 0.15) is 5.76 Å². The Labute approximate surface area is 119 Å². The van der Waals surface area contributed by atoms with Gasteiger partial charge in [0.05, 0.1) is 6.54 Å². The molecule has 1 amide bonds. The first-order valence-corrected chi connectivity index (χ1v) is 6.94. The Bertz CT molecular complexity index is 495. The average Bonchev–Trinajstić information content (AvgIpc) is 2.88. The molecule has 1 aromatic rings. The van der Waals surface area contributed by atoms with Crippen LogP contribution in [0.25, 0.3) is 0 Å². The van der Waals surface area contributed by atoms with Gasteiger partial charge in [-0.3, -0.25) is 9.79 Å². The number of guanidine groups is 1. The fourth-order valence-corrected chi connectivity index (χ4v) is 2.49. The molecule has 0 aromatic carbocycles. The van der Waals surface area contributed by atoms with E-state index < -0.39 is 5.91 Å². The molecule has 0 radical (unpaired) electrons. The maximum atomic E-state index is 11.0. The number of carbonyl (C=O) groups is 1. The van der Waals surface area contributed by atoms with Crippen LogP contribution in [0.4, 0.5) is 0 Å². The molecular weight excluding hydrogens is 256 g/mol. The van der Waals surface area contributed by atoms with Gasteiger partial charge in [0.25, 0.3) is 5.91 Å². The second kappa shape index (κ2) is 6.45. The monoisotopic (exact) mass is 278 g/mol. The number of nitrogens with zero attached hydrogens (tertiary/aromatic N) is 2. The Morgan fingerprint density at radius 2 is 2.40 bits per heavy atom. The third kappa shape index (κ3) is 3.53. The smallest absolute Gasteiger partial charge is 0.284 e. The van der Waals surface area contributed by atoms with Gasteiger partial charge in [-0.1, -0.05) is 6.92 Å². The molecule has 110 valence electrons. The van der Waals surface area contributed by atoms with Crippen molar-refractivity contribution in [2.75, 3.05) is 20.1 Å². The van der Waals surface area contributed by atoms with Crippen molar-refractivity contribution in [1.82, 2.24) is 10.2 Å². The number of primary amides is 1. The Morgan fingerprint density at radius 3 is 3.00 bits per heavy atom. The summed E-state index contributed by atoms with van der Waals surface area (Å²) in [4.78, 5) is 17.5. The Hall–Kier alpha value is -1.98. The standard InChI is InChI=1S/C14H22N4O2/c1-10-4-3-7-18(9-10)14(16-2)17-8-11-5-6-12(20-11)13(15)19/h5-6,10H,3-4,7-9H2,1-2H3,(H2,15,19)(H,16,17). The van der Waals surface area contributed by atoms with Crippen molar-refractivity contribution >= 4 is 11.9 Å². The van der Waals surface area contributed by atoms with Crippen LogP contribution in [0.15, 0.2) is 21.5 Å². The van der Waals surface area contributed by atoms with E-state index in [1.54, 1.807) is 19.2 Å². The molecule has 1 atom stereocenters. The predicted octanol–water partition coefficient (Wildman–Crippen LogP) is 1.19. The molecule has 3 N–H and O–H groups in total. The van der Waals surface area contributed by atoms with Gasteiger partial charge < -0.3 is 20.4 Å². The van der Waals surface area contributed by atoms with Crippen LogP contribution in [0.3, 0.4) is 0 Å². The summed E-state index contributed by atoms with van der Waals surface area (Å²) in [5.41, 5.74) is 5.16. The van der Waals surface area contributed by atoms with Gasteiger partial charge in [-0.05, 0) is 30.9 Å². The van der Waals surface area contributed by atoms with Crippen LogP contribution in [-0.2, 0) is 6.54 Å². The van der Waals surface area contributed by atoms with Crippen LogP contribution < -0.4 is 11.1 Å². The van der Waals surface area contributed by atoms with E-state index >= 15 is 0 Å². The molecule has 1 aliphatic rings. The summed E-state index contributed by atoms with van der Waals surface area (Å²) in [5, 5.41) is 3.26. The molecule has 1 unspecified atom stereocenters. The Balaban J connectivity index is 1.91. The van der Waals surface area contributed by atoms with E-state index in [4.69, 9.17) is 10.2 Å². The molecular formula is C14H22N4O2. The first kappa shape index (κ1) is 14.4. The number of likely N-dealkylation sites (tertiary alicyclic amines) is 1. The summed E-state index contributed by atoms with van der Waals surface area (Å²) >= 11 is 0. The molecule has 1 fully saturated rings. The van der Waals surface area contributed by atoms with Gasteiger partial charge in [-0.25, -0.2) is 0 Å². The number of rotatable bonds is 3. The van der Waals surface area contributed by atoms with E-state index in [9.17, 15) is 4.79 Å². The zero-order valence-corrected chi connectivity index (χ0v) is 12.1. The highest BCUT2D eigenvalue weighted by atomic mass is 16.3. The maximum Gasteiger partial charge on any atom is 0.284 e. The zero-order chi connectivity index (χ0) is 14.5. The number of carbonyl (C=O) groups excluding carboxylic acids is 1. The van der Waals surface area contributed by atoms with Gasteiger partial charge in [0.2, 0.25) is 0 Å². The van der Waals surface area contributed by atoms with Gasteiger partial charge in [-0.2, -0.15) is 0 Å². The molecule has 6 heteroatoms. The minimum atomic E-state index is -0.550. The third-order valence-electron chi connectivity index (χ3n) is 3.49. The van der Waals surface area contributed by atoms with Crippen LogP contribution in [0, 0.1) is 5.92 Å². The summed E-state index contributed by atoms with van der Waals surface area (Å²) in [6.45, 7) is 4.79. The SMILES string of the molecule is CN=C(NCc1ccc(C(N)=O)o1)N1CCCC(C)C1. The molecule has 0 aliphatic carbocycles. The van der Waals surface area contributed by atoms with E-state index in [0.29, 0.717) is 18.2 Å². The van der Waals surface area contributed by atoms with Crippen molar-refractivity contribution in [3.8, 4) is 0 Å². The fourth-order valence-electron chi connectivity index (χ4n) is 2.49. The highest BCUT2D eigenvalue weighted by Crippen LogP contribution is 2.15. The fraction of sp³-hybridized carbons (Fsp3) is 0.571. The number of nitrogens with one attached hydrogen (secondary N) is 1. The average molecular weight is 278 g/mol. The first-order chi connectivity index (χ1) is 9.60. The number of hydrogen-bond acceptors (Lipinski definition) is 3. The molecule has 0 bridgehead atoms. The number of nitrogens with two attached hydrogens (primary N) is 1. The number of amides is 1. The van der Waals surface area contributed by atoms with E-state index in [-0.39, 0.29) is 5.76 Å². The van der Waals surface area contributed by atoms with E-state index in [1.807, 2.05) is 0 Å². The molecule has 0 spiro atoms. The summed E-state index contributed by atoms with van der Waals surface area (Å²) in [5.74, 6) is 1.86. The van der Waals surface area contributed by atoms with Crippen molar-refractivity contribution in [2.24, 2.45) is 16.6 Å². The van der Waals surface area contributed by atoms with Crippen molar-refractivity contribution in [2.45, 2.75) is 26.3 Å². The molecule has 1 aliphatic heterocycles. The first-order valence-electron chi connectivity index (χ1n) is 6.94. The van der Waals surface area contributed by atoms with Crippen LogP contribution in [0.2, 0.25) is 0 Å². The highest BCUT2D eigenvalue weighted by Gasteiger charge is 2.19. The summed E-state index contributed by atoms with van der Waals surface area (Å²) < 4.78 is 5.34. The third-order valence-corrected chi connectivity index (χ3v) is 3.49. The highest BCUT2D eigenvalue weighted by molar-refractivity contribution is 5.89. The lowest BCUT2D eigenvalue weighted by atomic mass is 10.0. The number of aliphatic imine (C=N–C) groups is 1. The van der Waals surface area contributed by atoms with Crippen molar-refractivity contribution in [3.63, 3.8) is 0 Å². The number of piperidine rings is 1. The molecule has 0 saturated carbocycles. The molecule has 6 nitrogen and oxygen atoms in total. The number of hydrogen-bond donors (Lipinski definition) is 2. The lowest BCUT2D eigenvalue weighted by Crippen LogP contribution is -2.45. The van der Waals surface area contributed by atoms with E-state index in [0.717, 1.165) is 19.0 Å². The molecule has 1 saturated heterocycles. The molecule has 2 heterocycles. The lowest BCUT2D eigenvalue weighted by molar-refractivity contribution is 0.0972. The van der Waals surface area contributed by atoms with Crippen LogP contribution in [0.5, 0.6) is 0 Å². The maximum absolute atomic E-state index is 11.0. The molecule has 2 rings (SSSR count). The second-order valence-corrected chi connectivity index (χ2v) is 5.22. The van der Waals surface area contributed by atoms with E-state index in [2.05, 4.69) is 22.1 Å². The minimum absolute atomic E-state index is 0.184. The zero-order valence-electron chi connectivity index (χ0n) is 12.1. The van der Waals surface area contributed by atoms with Crippen molar-refractivity contribution in [3.05, 3.63) is 23.7 Å². The van der Waals surface area contributed by atoms with Crippen LogP contribution in [0.1, 0.15) is 36.1 Å². The summed E-state index contributed by atoms with van der Waals surface area (Å²) in [7, 11) is 1.78. The lowest BCUT2D eigenvalue weighted by Gasteiger charge is -2.33. The van der Waals surface area contributed by atoms with Crippen LogP contribution in [-0.4, -0.2) is 36.9 Å². The quantitative estimate of drug-likeness (QED) is 0.642. The second-order valence-electron chi connectivity index (χ2n) is 5.22. The largest absolute Gasteiger partial charge is 0.454 e. The van der Waals surface area contributed by atoms with Gasteiger partial charge >= 0.3 is 0 Å². The van der Waals surface area contributed by atoms with Gasteiger partial charge in [-0.15, -0.1) is 0 Å². The summed E-state index contributed by atoms with van der Waals surface area (Å²) in [6, 6.07) is 3.34. The molecule has 20 heavy (non-hydrogen) atoms.